The van der Waals surface area contributed by atoms with E-state index in [2.05, 4.69) is 25.2 Å². The monoisotopic (exact) mass is 585 g/mol. The third-order valence-electron chi connectivity index (χ3n) is 6.58. The first-order valence-corrected chi connectivity index (χ1v) is 16.0. The molecule has 1 amide bonds. The van der Waals surface area contributed by atoms with Gasteiger partial charge < -0.3 is 15.2 Å². The summed E-state index contributed by atoms with van der Waals surface area (Å²) in [7, 11) is -7.72. The normalized spacial score (nSPS) is 17.4. The molecule has 1 aliphatic heterocycles. The highest BCUT2D eigenvalue weighted by Crippen LogP contribution is 2.31. The lowest BCUT2D eigenvalue weighted by Gasteiger charge is -2.22. The van der Waals surface area contributed by atoms with Crippen LogP contribution in [0.4, 0.5) is 0 Å². The number of Topliss-reactive ketones (excluding diaryl/α,β-unsaturated/α-hetero) is 1. The molecule has 2 atom stereocenters. The Morgan fingerprint density at radius 1 is 1.05 bits per heavy atom. The summed E-state index contributed by atoms with van der Waals surface area (Å²) in [6, 6.07) is 12.4. The molecule has 40 heavy (non-hydrogen) atoms. The first kappa shape index (κ1) is 27.6. The Kier molecular flexibility index (Phi) is 7.55. The number of carbonyl (C=O) groups is 2. The summed E-state index contributed by atoms with van der Waals surface area (Å²) < 4.78 is 59.7. The minimum atomic E-state index is -4.01. The molecule has 3 aromatic rings. The molecule has 0 radical (unpaired) electrons. The maximum atomic E-state index is 13.5. The van der Waals surface area contributed by atoms with E-state index >= 15 is 0 Å². The average Bonchev–Trinajstić information content (AvgIpc) is 3.51. The minimum absolute atomic E-state index is 0.0416. The molecule has 1 saturated carbocycles. The number of hydrogen-bond donors (Lipinski definition) is 2. The molecular weight excluding hydrogens is 558 g/mol. The van der Waals surface area contributed by atoms with Crippen molar-refractivity contribution in [3.05, 3.63) is 66.1 Å². The van der Waals surface area contributed by atoms with Crippen molar-refractivity contribution in [3.63, 3.8) is 0 Å². The van der Waals surface area contributed by atoms with Crippen LogP contribution in [0.5, 0.6) is 0 Å². The fraction of sp³-hybridized carbons (Fsp3) is 0.346. The van der Waals surface area contributed by atoms with Crippen molar-refractivity contribution in [2.75, 3.05) is 11.5 Å². The molecule has 2 N–H and O–H groups in total. The summed E-state index contributed by atoms with van der Waals surface area (Å²) >= 11 is 0. The van der Waals surface area contributed by atoms with E-state index in [1.165, 1.54) is 18.2 Å². The molecule has 2 aromatic carbocycles. The number of ketones is 1. The fourth-order valence-corrected chi connectivity index (χ4v) is 7.44. The summed E-state index contributed by atoms with van der Waals surface area (Å²) in [4.78, 5) is 30.7. The van der Waals surface area contributed by atoms with Crippen molar-refractivity contribution in [3.8, 4) is 11.4 Å². The van der Waals surface area contributed by atoms with E-state index in [0.717, 1.165) is 12.8 Å². The quantitative estimate of drug-likeness (QED) is 0.315. The van der Waals surface area contributed by atoms with Gasteiger partial charge in [0.1, 0.15) is 16.8 Å². The lowest BCUT2D eigenvalue weighted by Crippen LogP contribution is -2.54. The van der Waals surface area contributed by atoms with Crippen LogP contribution in [0.15, 0.2) is 68.4 Å². The first-order valence-electron chi connectivity index (χ1n) is 12.7. The van der Waals surface area contributed by atoms with Gasteiger partial charge in [0.05, 0.1) is 17.5 Å². The average molecular weight is 586 g/mol. The van der Waals surface area contributed by atoms with Crippen molar-refractivity contribution in [1.29, 1.82) is 0 Å². The smallest absolute Gasteiger partial charge is 0.296 e. The number of amidine groups is 1. The van der Waals surface area contributed by atoms with E-state index in [-0.39, 0.29) is 46.1 Å². The molecule has 14 heteroatoms. The zero-order chi connectivity index (χ0) is 28.5. The van der Waals surface area contributed by atoms with Gasteiger partial charge in [0.2, 0.25) is 17.5 Å². The lowest BCUT2D eigenvalue weighted by molar-refractivity contribution is -0.122. The van der Waals surface area contributed by atoms with Crippen molar-refractivity contribution in [2.24, 2.45) is 10.3 Å². The lowest BCUT2D eigenvalue weighted by atomic mass is 10.1. The largest absolute Gasteiger partial charge is 0.356 e. The number of fused-ring (bicyclic) bond motifs is 1. The number of sulfonamides is 1. The van der Waals surface area contributed by atoms with Gasteiger partial charge in [-0.15, -0.1) is 4.40 Å². The zero-order valence-corrected chi connectivity index (χ0v) is 23.1. The molecule has 1 aliphatic carbocycles. The topological polar surface area (TPSA) is 178 Å². The summed E-state index contributed by atoms with van der Waals surface area (Å²) in [6.07, 6.45) is 1.74. The van der Waals surface area contributed by atoms with Crippen molar-refractivity contribution >= 4 is 37.4 Å². The summed E-state index contributed by atoms with van der Waals surface area (Å²) in [5, 5.41) is 9.14. The van der Waals surface area contributed by atoms with Crippen LogP contribution in [0.2, 0.25) is 0 Å². The predicted molar refractivity (Wildman–Crippen MR) is 145 cm³/mol. The molecule has 12 nitrogen and oxygen atoms in total. The van der Waals surface area contributed by atoms with Gasteiger partial charge in [-0.25, -0.2) is 8.42 Å². The molecule has 0 spiro atoms. The third-order valence-corrected chi connectivity index (χ3v) is 9.73. The molecule has 210 valence electrons. The third kappa shape index (κ3) is 6.12. The van der Waals surface area contributed by atoms with Crippen molar-refractivity contribution in [2.45, 2.75) is 43.2 Å². The van der Waals surface area contributed by atoms with Gasteiger partial charge in [0.25, 0.3) is 15.9 Å². The predicted octanol–water partition coefficient (Wildman–Crippen LogP) is 1.75. The Morgan fingerprint density at radius 2 is 1.75 bits per heavy atom. The molecule has 0 saturated heterocycles. The van der Waals surface area contributed by atoms with Crippen LogP contribution in [-0.2, 0) is 24.7 Å². The summed E-state index contributed by atoms with van der Waals surface area (Å²) in [5.74, 6) is -2.35. The van der Waals surface area contributed by atoms with E-state index in [9.17, 15) is 26.4 Å². The Hall–Kier alpha value is -3.91. The number of amides is 1. The summed E-state index contributed by atoms with van der Waals surface area (Å²) in [6.45, 7) is 1.66. The van der Waals surface area contributed by atoms with Crippen molar-refractivity contribution in [1.82, 2.24) is 20.8 Å². The van der Waals surface area contributed by atoms with Crippen LogP contribution in [0.25, 0.3) is 11.4 Å². The number of aromatic nitrogens is 2. The van der Waals surface area contributed by atoms with Gasteiger partial charge in [0.15, 0.2) is 9.84 Å². The number of rotatable bonds is 11. The number of sulfone groups is 1. The van der Waals surface area contributed by atoms with Gasteiger partial charge in [-0.05, 0) is 37.3 Å². The molecule has 1 fully saturated rings. The van der Waals surface area contributed by atoms with E-state index in [1.54, 1.807) is 37.3 Å². The summed E-state index contributed by atoms with van der Waals surface area (Å²) in [5.41, 5.74) is 0.863. The number of nitrogens with one attached hydrogen (secondary N) is 2. The first-order chi connectivity index (χ1) is 19.1. The number of hydrogen-bond acceptors (Lipinski definition) is 10. The molecule has 2 heterocycles. The van der Waals surface area contributed by atoms with Gasteiger partial charge >= 0.3 is 0 Å². The number of carbonyl (C=O) groups excluding carboxylic acids is 2. The van der Waals surface area contributed by atoms with Crippen LogP contribution >= 0.6 is 0 Å². The fourth-order valence-electron chi connectivity index (χ4n) is 4.33. The minimum Gasteiger partial charge on any atom is -0.356 e. The second-order valence-corrected chi connectivity index (χ2v) is 13.5. The van der Waals surface area contributed by atoms with Gasteiger partial charge in [-0.2, -0.15) is 13.4 Å². The van der Waals surface area contributed by atoms with Crippen LogP contribution in [0, 0.1) is 5.92 Å². The van der Waals surface area contributed by atoms with Crippen molar-refractivity contribution < 1.29 is 30.9 Å². The number of nitrogens with zero attached hydrogens (tertiary/aromatic N) is 3. The van der Waals surface area contributed by atoms with E-state index in [4.69, 9.17) is 4.52 Å². The maximum Gasteiger partial charge on any atom is 0.296 e. The van der Waals surface area contributed by atoms with E-state index in [1.807, 2.05) is 6.07 Å². The highest BCUT2D eigenvalue weighted by atomic mass is 32.2. The second kappa shape index (κ2) is 10.9. The van der Waals surface area contributed by atoms with Crippen LogP contribution in [0.3, 0.4) is 0 Å². The standard InChI is InChI=1S/C26H27N5O7S2/c1-2-19(22(32)26-29-23(30-38-26)17-8-4-3-5-9-17)28-25(33)20(15-39(34,35)14-16-12-13-16)27-24-18-10-6-7-11-21(18)40(36,37)31-24/h3-11,16,19-20H,2,12-15H2,1H3,(H,27,31)(H,28,33)/t19-,20-/m0/s1. The molecule has 5 rings (SSSR count). The highest BCUT2D eigenvalue weighted by molar-refractivity contribution is 7.91. The van der Waals surface area contributed by atoms with Crippen LogP contribution < -0.4 is 10.6 Å². The van der Waals surface area contributed by atoms with Gasteiger partial charge in [-0.1, -0.05) is 54.5 Å². The SMILES string of the molecule is CC[C@H](NC(=O)[C@H](CS(=O)(=O)CC1CC1)NC1=NS(=O)(=O)c2ccccc21)C(=O)c1nc(-c2ccccc2)no1. The van der Waals surface area contributed by atoms with Gasteiger partial charge in [-0.3, -0.25) is 9.59 Å². The van der Waals surface area contributed by atoms with Gasteiger partial charge in [0, 0.05) is 11.1 Å². The molecule has 2 aliphatic rings. The molecule has 0 unspecified atom stereocenters. The number of benzene rings is 2. The Morgan fingerprint density at radius 3 is 2.45 bits per heavy atom. The maximum absolute atomic E-state index is 13.5. The Balaban J connectivity index is 1.37. The molecule has 0 bridgehead atoms. The molecule has 1 aromatic heterocycles. The van der Waals surface area contributed by atoms with Crippen LogP contribution in [0.1, 0.15) is 42.4 Å². The van der Waals surface area contributed by atoms with E-state index in [0.29, 0.717) is 5.56 Å². The Bertz CT molecular complexity index is 1680. The van der Waals surface area contributed by atoms with Crippen LogP contribution in [-0.4, -0.2) is 68.1 Å². The molecular formula is C26H27N5O7S2. The van der Waals surface area contributed by atoms with E-state index < -0.39 is 49.4 Å². The second-order valence-electron chi connectivity index (χ2n) is 9.75. The Labute approximate surface area is 231 Å². The zero-order valence-electron chi connectivity index (χ0n) is 21.5. The highest BCUT2D eigenvalue weighted by Gasteiger charge is 2.37.